The number of carbonyl (C=O) groups excluding carboxylic acids is 1. The number of amides is 1. The quantitative estimate of drug-likeness (QED) is 0.0849. The lowest BCUT2D eigenvalue weighted by atomic mass is 10.1. The highest BCUT2D eigenvalue weighted by Gasteiger charge is 2.05. The molecule has 0 bridgehead atoms. The van der Waals surface area contributed by atoms with E-state index in [0.29, 0.717) is 104 Å². The van der Waals surface area contributed by atoms with Crippen LogP contribution in [-0.4, -0.2) is 112 Å². The van der Waals surface area contributed by atoms with Crippen LogP contribution < -0.4 is 5.32 Å². The van der Waals surface area contributed by atoms with Crippen LogP contribution in [-0.2, 0) is 39.8 Å². The summed E-state index contributed by atoms with van der Waals surface area (Å²) < 4.78 is 32.3. The molecular formula is C25H38N8O7. The first-order valence-corrected chi connectivity index (χ1v) is 13.1. The molecule has 220 valence electrons. The number of hydrogen-bond donors (Lipinski definition) is 1. The molecule has 2 rings (SSSR count). The van der Waals surface area contributed by atoms with Crippen LogP contribution in [0.1, 0.15) is 17.8 Å². The molecular weight excluding hydrogens is 524 g/mol. The van der Waals surface area contributed by atoms with Crippen molar-refractivity contribution in [3.05, 3.63) is 46.1 Å². The third-order valence-corrected chi connectivity index (χ3v) is 5.01. The van der Waals surface area contributed by atoms with Gasteiger partial charge in [-0.3, -0.25) is 4.79 Å². The number of rotatable bonds is 24. The van der Waals surface area contributed by atoms with E-state index in [0.717, 1.165) is 11.1 Å². The van der Waals surface area contributed by atoms with E-state index in [1.807, 2.05) is 24.3 Å². The van der Waals surface area contributed by atoms with E-state index in [-0.39, 0.29) is 12.3 Å². The second-order valence-electron chi connectivity index (χ2n) is 8.12. The van der Waals surface area contributed by atoms with Gasteiger partial charge in [0.25, 0.3) is 0 Å². The van der Waals surface area contributed by atoms with Gasteiger partial charge in [0.05, 0.1) is 79.3 Å². The van der Waals surface area contributed by atoms with Gasteiger partial charge in [-0.25, -0.2) is 0 Å². The number of aryl methyl sites for hydroxylation is 1. The highest BCUT2D eigenvalue weighted by molar-refractivity contribution is 5.76. The highest BCUT2D eigenvalue weighted by Crippen LogP contribution is 2.13. The van der Waals surface area contributed by atoms with E-state index in [1.165, 1.54) is 0 Å². The average molecular weight is 563 g/mol. The second-order valence-corrected chi connectivity index (χ2v) is 8.12. The first kappa shape index (κ1) is 32.9. The molecule has 1 N–H and O–H groups in total. The van der Waals surface area contributed by atoms with Crippen LogP contribution in [0.4, 0.5) is 0 Å². The number of nitrogens with zero attached hydrogens (tertiary/aromatic N) is 7. The molecule has 0 unspecified atom stereocenters. The monoisotopic (exact) mass is 562 g/mol. The summed E-state index contributed by atoms with van der Waals surface area (Å²) in [6.07, 6.45) is 0.271. The van der Waals surface area contributed by atoms with Crippen molar-refractivity contribution in [1.29, 1.82) is 0 Å². The Morgan fingerprint density at radius 1 is 0.750 bits per heavy atom. The van der Waals surface area contributed by atoms with Gasteiger partial charge in [0.1, 0.15) is 0 Å². The number of aromatic nitrogens is 4. The van der Waals surface area contributed by atoms with Crippen LogP contribution in [0.15, 0.2) is 29.4 Å². The van der Waals surface area contributed by atoms with Gasteiger partial charge < -0.3 is 33.7 Å². The normalized spacial score (nSPS) is 10.8. The molecule has 1 aromatic carbocycles. The van der Waals surface area contributed by atoms with Gasteiger partial charge in [0.15, 0.2) is 5.82 Å². The van der Waals surface area contributed by atoms with Gasteiger partial charge in [0, 0.05) is 30.0 Å². The molecule has 1 heterocycles. The van der Waals surface area contributed by atoms with Gasteiger partial charge in [-0.05, 0) is 18.0 Å². The largest absolute Gasteiger partial charge is 0.379 e. The molecule has 0 saturated carbocycles. The van der Waals surface area contributed by atoms with E-state index in [1.54, 1.807) is 6.92 Å². The fraction of sp³-hybridized carbons (Fsp3) is 0.640. The van der Waals surface area contributed by atoms with Crippen LogP contribution in [0.3, 0.4) is 0 Å². The summed E-state index contributed by atoms with van der Waals surface area (Å²) in [6, 6.07) is 7.54. The summed E-state index contributed by atoms with van der Waals surface area (Å²) in [5, 5.41) is 22.1. The Morgan fingerprint density at radius 2 is 1.23 bits per heavy atom. The van der Waals surface area contributed by atoms with Crippen molar-refractivity contribution in [2.24, 2.45) is 5.11 Å². The van der Waals surface area contributed by atoms with Crippen molar-refractivity contribution in [3.63, 3.8) is 0 Å². The van der Waals surface area contributed by atoms with Crippen molar-refractivity contribution in [3.8, 4) is 11.4 Å². The topological polar surface area (TPSA) is 185 Å². The van der Waals surface area contributed by atoms with E-state index < -0.39 is 0 Å². The van der Waals surface area contributed by atoms with Crippen LogP contribution in [0.2, 0.25) is 0 Å². The Morgan fingerprint density at radius 3 is 1.73 bits per heavy atom. The van der Waals surface area contributed by atoms with Gasteiger partial charge in [0.2, 0.25) is 11.7 Å². The minimum atomic E-state index is -0.0876. The maximum Gasteiger partial charge on any atom is 0.222 e. The van der Waals surface area contributed by atoms with Crippen LogP contribution in [0, 0.1) is 6.92 Å². The third-order valence-electron chi connectivity index (χ3n) is 5.01. The molecule has 0 aliphatic carbocycles. The van der Waals surface area contributed by atoms with Crippen LogP contribution in [0.25, 0.3) is 21.8 Å². The van der Waals surface area contributed by atoms with E-state index in [9.17, 15) is 4.79 Å². The van der Waals surface area contributed by atoms with Crippen LogP contribution >= 0.6 is 0 Å². The Labute approximate surface area is 233 Å². The lowest BCUT2D eigenvalue weighted by molar-refractivity contribution is -0.122. The molecule has 40 heavy (non-hydrogen) atoms. The highest BCUT2D eigenvalue weighted by atomic mass is 16.6. The van der Waals surface area contributed by atoms with E-state index >= 15 is 0 Å². The van der Waals surface area contributed by atoms with Crippen molar-refractivity contribution < 1.29 is 33.2 Å². The first-order valence-electron chi connectivity index (χ1n) is 13.1. The summed E-state index contributed by atoms with van der Waals surface area (Å²) in [6.45, 7) is 7.72. The van der Waals surface area contributed by atoms with Crippen LogP contribution in [0.5, 0.6) is 0 Å². The lowest BCUT2D eigenvalue weighted by Gasteiger charge is -2.08. The van der Waals surface area contributed by atoms with Gasteiger partial charge in [-0.2, -0.15) is 0 Å². The maximum absolute atomic E-state index is 12.0. The van der Waals surface area contributed by atoms with Crippen molar-refractivity contribution in [1.82, 2.24) is 25.7 Å². The number of benzene rings is 1. The molecule has 0 saturated heterocycles. The lowest BCUT2D eigenvalue weighted by Crippen LogP contribution is -2.24. The standard InChI is InChI=1S/C25H38N8O7/c1-21-29-31-25(32-30-21)23-4-2-22(3-5-23)20-27-24(34)6-8-35-10-12-37-14-16-39-18-19-40-17-15-38-13-11-36-9-7-28-33-26/h2-5H,6-20H2,1H3,(H,27,34). The number of carbonyl (C=O) groups is 1. The van der Waals surface area contributed by atoms with Crippen molar-refractivity contribution in [2.45, 2.75) is 19.9 Å². The summed E-state index contributed by atoms with van der Waals surface area (Å²) >= 11 is 0. The first-order chi connectivity index (χ1) is 19.7. The molecule has 0 radical (unpaired) electrons. The SMILES string of the molecule is Cc1nnc(-c2ccc(CNC(=O)CCOCCOCCOCCOCCOCCOCCN=[N+]=[N-])cc2)nn1. The molecule has 0 aliphatic heterocycles. The molecule has 0 atom stereocenters. The van der Waals surface area contributed by atoms with Crippen molar-refractivity contribution >= 4 is 5.91 Å². The summed E-state index contributed by atoms with van der Waals surface area (Å²) in [4.78, 5) is 14.7. The van der Waals surface area contributed by atoms with E-state index in [2.05, 4.69) is 35.7 Å². The molecule has 1 aromatic heterocycles. The number of hydrogen-bond acceptors (Lipinski definition) is 12. The molecule has 0 aliphatic rings. The van der Waals surface area contributed by atoms with Gasteiger partial charge in [-0.1, -0.05) is 29.4 Å². The van der Waals surface area contributed by atoms with Gasteiger partial charge >= 0.3 is 0 Å². The summed E-state index contributed by atoms with van der Waals surface area (Å²) in [7, 11) is 0. The molecule has 2 aromatic rings. The van der Waals surface area contributed by atoms with Crippen molar-refractivity contribution in [2.75, 3.05) is 85.8 Å². The maximum atomic E-state index is 12.0. The van der Waals surface area contributed by atoms with Gasteiger partial charge in [-0.15, -0.1) is 20.4 Å². The van der Waals surface area contributed by atoms with E-state index in [4.69, 9.17) is 34.0 Å². The summed E-state index contributed by atoms with van der Waals surface area (Å²) in [5.74, 6) is 0.886. The molecule has 15 nitrogen and oxygen atoms in total. The number of ether oxygens (including phenoxy) is 6. The number of nitrogens with one attached hydrogen (secondary N) is 1. The Balaban J connectivity index is 1.32. The zero-order chi connectivity index (χ0) is 28.5. The Kier molecular flexibility index (Phi) is 18.5. The average Bonchev–Trinajstić information content (AvgIpc) is 2.97. The molecule has 0 fully saturated rings. The summed E-state index contributed by atoms with van der Waals surface area (Å²) in [5.41, 5.74) is 9.90. The molecule has 0 spiro atoms. The fourth-order valence-electron chi connectivity index (χ4n) is 2.97. The minimum absolute atomic E-state index is 0.0876. The Bertz CT molecular complexity index is 976. The Hall–Kier alpha value is -3.30. The minimum Gasteiger partial charge on any atom is -0.379 e. The molecule has 15 heteroatoms. The second kappa shape index (κ2) is 22.5. The predicted octanol–water partition coefficient (Wildman–Crippen LogP) is 1.66. The predicted molar refractivity (Wildman–Crippen MR) is 143 cm³/mol. The number of azide groups is 1. The molecule has 1 amide bonds. The third kappa shape index (κ3) is 16.6. The zero-order valence-electron chi connectivity index (χ0n) is 22.9. The fourth-order valence-corrected chi connectivity index (χ4v) is 2.97. The zero-order valence-corrected chi connectivity index (χ0v) is 22.9. The smallest absolute Gasteiger partial charge is 0.222 e.